The number of aryl methyl sites for hydroxylation is 2. The predicted molar refractivity (Wildman–Crippen MR) is 72.9 cm³/mol. The molecule has 2 aliphatic rings. The molecule has 0 amide bonds. The minimum absolute atomic E-state index is 0.610. The molecule has 4 heteroatoms. The molecule has 0 spiro atoms. The molecule has 4 nitrogen and oxygen atoms in total. The van der Waals surface area contributed by atoms with Crippen molar-refractivity contribution in [2.24, 2.45) is 0 Å². The monoisotopic (exact) mass is 246 g/mol. The lowest BCUT2D eigenvalue weighted by Gasteiger charge is -2.36. The van der Waals surface area contributed by atoms with Gasteiger partial charge in [-0.25, -0.2) is 4.98 Å². The highest BCUT2D eigenvalue weighted by molar-refractivity contribution is 5.43. The number of nitrogens with zero attached hydrogens (tertiary/aromatic N) is 3. The van der Waals surface area contributed by atoms with E-state index in [-0.39, 0.29) is 0 Å². The van der Waals surface area contributed by atoms with Crippen LogP contribution >= 0.6 is 0 Å². The maximum atomic E-state index is 4.66. The van der Waals surface area contributed by atoms with Gasteiger partial charge in [0.1, 0.15) is 5.82 Å². The molecule has 2 fully saturated rings. The molecule has 1 N–H and O–H groups in total. The largest absolute Gasteiger partial charge is 0.355 e. The molecule has 3 rings (SSSR count). The Morgan fingerprint density at radius 1 is 1.22 bits per heavy atom. The van der Waals surface area contributed by atoms with Crippen molar-refractivity contribution in [2.75, 3.05) is 11.9 Å². The van der Waals surface area contributed by atoms with Crippen LogP contribution in [0.4, 0.5) is 5.82 Å². The Morgan fingerprint density at radius 2 is 1.89 bits per heavy atom. The zero-order valence-electron chi connectivity index (χ0n) is 11.5. The summed E-state index contributed by atoms with van der Waals surface area (Å²) < 4.78 is 0. The van der Waals surface area contributed by atoms with Crippen LogP contribution in [0.1, 0.15) is 37.1 Å². The highest BCUT2D eigenvalue weighted by Gasteiger charge is 2.35. The molecule has 0 aromatic carbocycles. The van der Waals surface area contributed by atoms with Gasteiger partial charge in [-0.15, -0.1) is 0 Å². The molecule has 18 heavy (non-hydrogen) atoms. The minimum Gasteiger partial charge on any atom is -0.355 e. The minimum atomic E-state index is 0.610. The Balaban J connectivity index is 1.81. The zero-order valence-corrected chi connectivity index (χ0v) is 11.5. The fourth-order valence-electron chi connectivity index (χ4n) is 3.38. The summed E-state index contributed by atoms with van der Waals surface area (Å²) in [4.78, 5) is 11.4. The maximum Gasteiger partial charge on any atom is 0.150 e. The second-order valence-electron chi connectivity index (χ2n) is 5.79. The van der Waals surface area contributed by atoms with Crippen molar-refractivity contribution in [3.8, 4) is 0 Å². The van der Waals surface area contributed by atoms with E-state index in [9.17, 15) is 0 Å². The Kier molecular flexibility index (Phi) is 2.98. The average Bonchev–Trinajstić information content (AvgIpc) is 2.70. The molecule has 2 unspecified atom stereocenters. The number of fused-ring (bicyclic) bond motifs is 2. The Hall–Kier alpha value is -1.16. The van der Waals surface area contributed by atoms with Crippen LogP contribution in [0.2, 0.25) is 0 Å². The van der Waals surface area contributed by atoms with Gasteiger partial charge in [-0.3, -0.25) is 4.98 Å². The predicted octanol–water partition coefficient (Wildman–Crippen LogP) is 1.81. The van der Waals surface area contributed by atoms with Crippen LogP contribution in [0.25, 0.3) is 0 Å². The highest BCUT2D eigenvalue weighted by atomic mass is 15.2. The lowest BCUT2D eigenvalue weighted by Crippen LogP contribution is -2.47. The number of aromatic nitrogens is 2. The van der Waals surface area contributed by atoms with Crippen LogP contribution in [0.3, 0.4) is 0 Å². The summed E-state index contributed by atoms with van der Waals surface area (Å²) in [7, 11) is 2.17. The van der Waals surface area contributed by atoms with Gasteiger partial charge in [0.15, 0.2) is 0 Å². The Labute approximate surface area is 109 Å². The van der Waals surface area contributed by atoms with Gasteiger partial charge >= 0.3 is 0 Å². The van der Waals surface area contributed by atoms with E-state index in [4.69, 9.17) is 0 Å². The van der Waals surface area contributed by atoms with E-state index in [0.717, 1.165) is 17.2 Å². The fraction of sp³-hybridized carbons (Fsp3) is 0.714. The lowest BCUT2D eigenvalue weighted by atomic mass is 9.98. The summed E-state index contributed by atoms with van der Waals surface area (Å²) in [6.45, 7) is 4.06. The molecule has 1 aromatic heterocycles. The molecule has 1 aromatic rings. The van der Waals surface area contributed by atoms with Gasteiger partial charge in [0.2, 0.25) is 0 Å². The first-order chi connectivity index (χ1) is 8.63. The van der Waals surface area contributed by atoms with Gasteiger partial charge in [0, 0.05) is 31.4 Å². The van der Waals surface area contributed by atoms with Crippen molar-refractivity contribution in [1.82, 2.24) is 15.3 Å². The van der Waals surface area contributed by atoms with Crippen molar-refractivity contribution >= 4 is 5.82 Å². The SMILES string of the molecule is Cc1cnc(C)c(N(C)C2CC3CCC(C2)N3)n1. The number of hydrogen-bond acceptors (Lipinski definition) is 4. The van der Waals surface area contributed by atoms with E-state index in [2.05, 4.69) is 27.2 Å². The van der Waals surface area contributed by atoms with Crippen LogP contribution in [0.15, 0.2) is 6.20 Å². The first-order valence-corrected chi connectivity index (χ1v) is 6.92. The van der Waals surface area contributed by atoms with Crippen LogP contribution in [0.5, 0.6) is 0 Å². The second kappa shape index (κ2) is 4.50. The van der Waals surface area contributed by atoms with Gasteiger partial charge in [-0.1, -0.05) is 0 Å². The van der Waals surface area contributed by atoms with Crippen molar-refractivity contribution in [3.63, 3.8) is 0 Å². The van der Waals surface area contributed by atoms with E-state index < -0.39 is 0 Å². The average molecular weight is 246 g/mol. The third-order valence-corrected chi connectivity index (χ3v) is 4.38. The van der Waals surface area contributed by atoms with E-state index in [1.165, 1.54) is 25.7 Å². The molecule has 98 valence electrons. The molecule has 0 radical (unpaired) electrons. The second-order valence-corrected chi connectivity index (χ2v) is 5.79. The van der Waals surface area contributed by atoms with Crippen molar-refractivity contribution < 1.29 is 0 Å². The van der Waals surface area contributed by atoms with Gasteiger partial charge in [-0.2, -0.15) is 0 Å². The first-order valence-electron chi connectivity index (χ1n) is 6.92. The van der Waals surface area contributed by atoms with E-state index in [0.29, 0.717) is 18.1 Å². The highest BCUT2D eigenvalue weighted by Crippen LogP contribution is 2.31. The lowest BCUT2D eigenvalue weighted by molar-refractivity contribution is 0.353. The third-order valence-electron chi connectivity index (χ3n) is 4.38. The summed E-state index contributed by atoms with van der Waals surface area (Å²) in [6.07, 6.45) is 7.00. The number of piperidine rings is 1. The summed E-state index contributed by atoms with van der Waals surface area (Å²) in [5.74, 6) is 1.06. The molecule has 2 bridgehead atoms. The molecule has 2 aliphatic heterocycles. The van der Waals surface area contributed by atoms with Gasteiger partial charge in [-0.05, 0) is 39.5 Å². The number of anilines is 1. The molecular weight excluding hydrogens is 224 g/mol. The van der Waals surface area contributed by atoms with Crippen LogP contribution < -0.4 is 10.2 Å². The fourth-order valence-corrected chi connectivity index (χ4v) is 3.38. The third kappa shape index (κ3) is 2.09. The Bertz CT molecular complexity index is 433. The normalized spacial score (nSPS) is 30.5. The molecule has 0 saturated carbocycles. The smallest absolute Gasteiger partial charge is 0.150 e. The standard InChI is InChI=1S/C14H22N4/c1-9-8-15-10(2)14(16-9)18(3)13-6-11-4-5-12(7-13)17-11/h8,11-13,17H,4-7H2,1-3H3. The number of nitrogens with one attached hydrogen (secondary N) is 1. The number of rotatable bonds is 2. The summed E-state index contributed by atoms with van der Waals surface area (Å²) >= 11 is 0. The molecular formula is C14H22N4. The van der Waals surface area contributed by atoms with E-state index >= 15 is 0 Å². The summed E-state index contributed by atoms with van der Waals surface area (Å²) in [6, 6.07) is 2.04. The molecule has 3 heterocycles. The van der Waals surface area contributed by atoms with Crippen LogP contribution in [0, 0.1) is 13.8 Å². The Morgan fingerprint density at radius 3 is 2.56 bits per heavy atom. The van der Waals surface area contributed by atoms with Gasteiger partial charge in [0.05, 0.1) is 11.4 Å². The topological polar surface area (TPSA) is 41.1 Å². The first kappa shape index (κ1) is 11.9. The van der Waals surface area contributed by atoms with Crippen molar-refractivity contribution in [3.05, 3.63) is 17.6 Å². The van der Waals surface area contributed by atoms with E-state index in [1.807, 2.05) is 20.0 Å². The maximum absolute atomic E-state index is 4.66. The molecule has 2 saturated heterocycles. The quantitative estimate of drug-likeness (QED) is 0.864. The van der Waals surface area contributed by atoms with Crippen LogP contribution in [-0.4, -0.2) is 35.1 Å². The summed E-state index contributed by atoms with van der Waals surface area (Å²) in [5.41, 5.74) is 2.04. The number of hydrogen-bond donors (Lipinski definition) is 1. The van der Waals surface area contributed by atoms with Crippen molar-refractivity contribution in [2.45, 2.75) is 57.7 Å². The molecule has 0 aliphatic carbocycles. The zero-order chi connectivity index (χ0) is 12.7. The molecule has 2 atom stereocenters. The summed E-state index contributed by atoms with van der Waals surface area (Å²) in [5, 5.41) is 3.69. The van der Waals surface area contributed by atoms with Crippen molar-refractivity contribution in [1.29, 1.82) is 0 Å². The van der Waals surface area contributed by atoms with E-state index in [1.54, 1.807) is 0 Å². The van der Waals surface area contributed by atoms with Gasteiger partial charge in [0.25, 0.3) is 0 Å². The van der Waals surface area contributed by atoms with Crippen LogP contribution in [-0.2, 0) is 0 Å². The van der Waals surface area contributed by atoms with Gasteiger partial charge < -0.3 is 10.2 Å².